The fraction of sp³-hybridized carbons (Fsp3) is 0.588. The minimum absolute atomic E-state index is 0.0368. The van der Waals surface area contributed by atoms with Crippen molar-refractivity contribution in [3.63, 3.8) is 0 Å². The number of carbonyl (C=O) groups is 1. The standard InChI is InChI=1S/C17H26N2O2/c1-2-18-15-10-8-14(9-11-15)17(20)19-12-13-21-16-6-4-3-5-7-16/h8-11,16,18H,2-7,12-13H2,1H3,(H,19,20). The highest BCUT2D eigenvalue weighted by molar-refractivity contribution is 5.94. The zero-order chi connectivity index (χ0) is 14.9. The number of benzene rings is 1. The average Bonchev–Trinajstić information content (AvgIpc) is 2.53. The Kier molecular flexibility index (Phi) is 6.54. The molecule has 2 N–H and O–H groups in total. The quantitative estimate of drug-likeness (QED) is 0.758. The number of amides is 1. The maximum absolute atomic E-state index is 12.0. The van der Waals surface area contributed by atoms with Crippen LogP contribution in [-0.4, -0.2) is 31.7 Å². The summed E-state index contributed by atoms with van der Waals surface area (Å²) in [5, 5.41) is 6.12. The maximum atomic E-state index is 12.0. The van der Waals surface area contributed by atoms with Crippen LogP contribution in [0.4, 0.5) is 5.69 Å². The van der Waals surface area contributed by atoms with Crippen LogP contribution < -0.4 is 10.6 Å². The molecule has 0 radical (unpaired) electrons. The molecule has 2 rings (SSSR count). The first-order valence-electron chi connectivity index (χ1n) is 8.03. The summed E-state index contributed by atoms with van der Waals surface area (Å²) >= 11 is 0. The van der Waals surface area contributed by atoms with Crippen molar-refractivity contribution in [1.82, 2.24) is 5.32 Å². The van der Waals surface area contributed by atoms with Crippen molar-refractivity contribution in [2.24, 2.45) is 0 Å². The van der Waals surface area contributed by atoms with Crippen LogP contribution in [-0.2, 0) is 4.74 Å². The lowest BCUT2D eigenvalue weighted by Gasteiger charge is -2.22. The monoisotopic (exact) mass is 290 g/mol. The molecular weight excluding hydrogens is 264 g/mol. The molecule has 1 amide bonds. The van der Waals surface area contributed by atoms with Gasteiger partial charge in [-0.2, -0.15) is 0 Å². The topological polar surface area (TPSA) is 50.4 Å². The predicted molar refractivity (Wildman–Crippen MR) is 85.8 cm³/mol. The van der Waals surface area contributed by atoms with Gasteiger partial charge in [-0.3, -0.25) is 4.79 Å². The van der Waals surface area contributed by atoms with Gasteiger partial charge < -0.3 is 15.4 Å². The third-order valence-corrected chi connectivity index (χ3v) is 3.82. The van der Waals surface area contributed by atoms with Gasteiger partial charge in [0.15, 0.2) is 0 Å². The van der Waals surface area contributed by atoms with Gasteiger partial charge >= 0.3 is 0 Å². The number of nitrogens with one attached hydrogen (secondary N) is 2. The van der Waals surface area contributed by atoms with Gasteiger partial charge in [-0.1, -0.05) is 19.3 Å². The highest BCUT2D eigenvalue weighted by Gasteiger charge is 2.13. The van der Waals surface area contributed by atoms with Gasteiger partial charge in [-0.05, 0) is 44.0 Å². The van der Waals surface area contributed by atoms with E-state index in [2.05, 4.69) is 10.6 Å². The SMILES string of the molecule is CCNc1ccc(C(=O)NCCOC2CCCCC2)cc1. The van der Waals surface area contributed by atoms with Crippen LogP contribution in [0.1, 0.15) is 49.4 Å². The van der Waals surface area contributed by atoms with Crippen LogP contribution in [0.5, 0.6) is 0 Å². The first-order valence-corrected chi connectivity index (χ1v) is 8.03. The van der Waals surface area contributed by atoms with E-state index in [-0.39, 0.29) is 5.91 Å². The van der Waals surface area contributed by atoms with E-state index in [4.69, 9.17) is 4.74 Å². The first-order chi connectivity index (χ1) is 10.3. The third kappa shape index (κ3) is 5.38. The first kappa shape index (κ1) is 15.8. The van der Waals surface area contributed by atoms with E-state index in [1.165, 1.54) is 32.1 Å². The second-order valence-electron chi connectivity index (χ2n) is 5.49. The Labute approximate surface area is 127 Å². The van der Waals surface area contributed by atoms with Crippen LogP contribution in [0.2, 0.25) is 0 Å². The molecule has 1 aromatic carbocycles. The molecular formula is C17H26N2O2. The fourth-order valence-electron chi connectivity index (χ4n) is 2.67. The van der Waals surface area contributed by atoms with Crippen LogP contribution in [0.15, 0.2) is 24.3 Å². The van der Waals surface area contributed by atoms with Crippen molar-refractivity contribution in [3.8, 4) is 0 Å². The molecule has 0 heterocycles. The molecule has 1 aliphatic rings. The summed E-state index contributed by atoms with van der Waals surface area (Å²) in [5.74, 6) is -0.0368. The van der Waals surface area contributed by atoms with Gasteiger partial charge in [0.1, 0.15) is 0 Å². The van der Waals surface area contributed by atoms with Crippen LogP contribution in [0.25, 0.3) is 0 Å². The van der Waals surface area contributed by atoms with Crippen molar-refractivity contribution in [2.45, 2.75) is 45.1 Å². The Morgan fingerprint density at radius 2 is 1.90 bits per heavy atom. The van der Waals surface area contributed by atoms with Gasteiger partial charge in [-0.15, -0.1) is 0 Å². The molecule has 116 valence electrons. The van der Waals surface area contributed by atoms with Crippen LogP contribution in [0, 0.1) is 0 Å². The number of rotatable bonds is 7. The van der Waals surface area contributed by atoms with Crippen molar-refractivity contribution < 1.29 is 9.53 Å². The molecule has 0 bridgehead atoms. The van der Waals surface area contributed by atoms with Gasteiger partial charge in [0, 0.05) is 24.3 Å². The Bertz CT molecular complexity index is 425. The maximum Gasteiger partial charge on any atom is 0.251 e. The number of anilines is 1. The van der Waals surface area contributed by atoms with E-state index in [9.17, 15) is 4.79 Å². The Hall–Kier alpha value is -1.55. The molecule has 1 fully saturated rings. The molecule has 0 atom stereocenters. The number of hydrogen-bond acceptors (Lipinski definition) is 3. The second kappa shape index (κ2) is 8.67. The fourth-order valence-corrected chi connectivity index (χ4v) is 2.67. The van der Waals surface area contributed by atoms with E-state index in [0.29, 0.717) is 24.8 Å². The molecule has 1 saturated carbocycles. The summed E-state index contributed by atoms with van der Waals surface area (Å²) < 4.78 is 5.80. The largest absolute Gasteiger partial charge is 0.385 e. The molecule has 0 saturated heterocycles. The molecule has 0 unspecified atom stereocenters. The average molecular weight is 290 g/mol. The van der Waals surface area contributed by atoms with E-state index in [1.807, 2.05) is 31.2 Å². The van der Waals surface area contributed by atoms with Crippen molar-refractivity contribution in [2.75, 3.05) is 25.0 Å². The Morgan fingerprint density at radius 3 is 2.57 bits per heavy atom. The minimum Gasteiger partial charge on any atom is -0.385 e. The zero-order valence-corrected chi connectivity index (χ0v) is 12.9. The summed E-state index contributed by atoms with van der Waals surface area (Å²) in [4.78, 5) is 12.0. The van der Waals surface area contributed by atoms with E-state index in [1.54, 1.807) is 0 Å². The van der Waals surface area contributed by atoms with Crippen molar-refractivity contribution >= 4 is 11.6 Å². The normalized spacial score (nSPS) is 15.7. The summed E-state index contributed by atoms with van der Waals surface area (Å²) in [7, 11) is 0. The highest BCUT2D eigenvalue weighted by Crippen LogP contribution is 2.19. The molecule has 1 aliphatic carbocycles. The van der Waals surface area contributed by atoms with Gasteiger partial charge in [0.2, 0.25) is 0 Å². The lowest BCUT2D eigenvalue weighted by Crippen LogP contribution is -2.29. The highest BCUT2D eigenvalue weighted by atomic mass is 16.5. The van der Waals surface area contributed by atoms with E-state index >= 15 is 0 Å². The molecule has 0 aromatic heterocycles. The number of hydrogen-bond donors (Lipinski definition) is 2. The van der Waals surface area contributed by atoms with Gasteiger partial charge in [0.25, 0.3) is 5.91 Å². The molecule has 4 nitrogen and oxygen atoms in total. The van der Waals surface area contributed by atoms with Crippen molar-refractivity contribution in [3.05, 3.63) is 29.8 Å². The number of carbonyl (C=O) groups excluding carboxylic acids is 1. The molecule has 4 heteroatoms. The van der Waals surface area contributed by atoms with Crippen LogP contribution >= 0.6 is 0 Å². The van der Waals surface area contributed by atoms with Gasteiger partial charge in [-0.25, -0.2) is 0 Å². The molecule has 0 spiro atoms. The third-order valence-electron chi connectivity index (χ3n) is 3.82. The number of ether oxygens (including phenoxy) is 1. The Balaban J connectivity index is 1.66. The van der Waals surface area contributed by atoms with Gasteiger partial charge in [0.05, 0.1) is 12.7 Å². The lowest BCUT2D eigenvalue weighted by molar-refractivity contribution is 0.0299. The molecule has 21 heavy (non-hydrogen) atoms. The smallest absolute Gasteiger partial charge is 0.251 e. The summed E-state index contributed by atoms with van der Waals surface area (Å²) in [6.45, 7) is 4.10. The lowest BCUT2D eigenvalue weighted by atomic mass is 9.98. The second-order valence-corrected chi connectivity index (χ2v) is 5.49. The van der Waals surface area contributed by atoms with Crippen LogP contribution in [0.3, 0.4) is 0 Å². The summed E-state index contributed by atoms with van der Waals surface area (Å²) in [5.41, 5.74) is 1.73. The minimum atomic E-state index is -0.0368. The molecule has 1 aromatic rings. The zero-order valence-electron chi connectivity index (χ0n) is 12.9. The summed E-state index contributed by atoms with van der Waals surface area (Å²) in [6, 6.07) is 7.54. The van der Waals surface area contributed by atoms with Crippen molar-refractivity contribution in [1.29, 1.82) is 0 Å². The Morgan fingerprint density at radius 1 is 1.19 bits per heavy atom. The predicted octanol–water partition coefficient (Wildman–Crippen LogP) is 3.20. The molecule has 0 aliphatic heterocycles. The summed E-state index contributed by atoms with van der Waals surface area (Å²) in [6.07, 6.45) is 6.61. The van der Waals surface area contributed by atoms with E-state index in [0.717, 1.165) is 12.2 Å². The van der Waals surface area contributed by atoms with E-state index < -0.39 is 0 Å².